The number of ketones is 1. The van der Waals surface area contributed by atoms with E-state index in [0.717, 1.165) is 6.42 Å². The summed E-state index contributed by atoms with van der Waals surface area (Å²) in [4.78, 5) is 22.8. The molecule has 0 aliphatic rings. The summed E-state index contributed by atoms with van der Waals surface area (Å²) in [6.07, 6.45) is 1.38. The Bertz CT molecular complexity index is 177. The molecule has 0 saturated heterocycles. The van der Waals surface area contributed by atoms with Gasteiger partial charge in [0, 0.05) is 12.3 Å². The predicted molar refractivity (Wildman–Crippen MR) is 54.9 cm³/mol. The summed E-state index contributed by atoms with van der Waals surface area (Å²) in [6, 6.07) is 0. The lowest BCUT2D eigenvalue weighted by Crippen LogP contribution is -2.27. The molecule has 2 unspecified atom stereocenters. The average Bonchev–Trinajstić information content (AvgIpc) is 2.16. The van der Waals surface area contributed by atoms with Gasteiger partial charge in [0.25, 0.3) is 0 Å². The molecule has 0 amide bonds. The number of rotatable bonds is 6. The van der Waals surface area contributed by atoms with Gasteiger partial charge in [-0.2, -0.15) is 0 Å². The molecule has 0 saturated carbocycles. The Morgan fingerprint density at radius 2 is 1.71 bits per heavy atom. The number of carbonyl (C=O) groups excluding carboxylic acids is 2. The van der Waals surface area contributed by atoms with Crippen LogP contribution < -0.4 is 0 Å². The van der Waals surface area contributed by atoms with Crippen LogP contribution in [0.2, 0.25) is 0 Å². The third-order valence-electron chi connectivity index (χ3n) is 2.41. The summed E-state index contributed by atoms with van der Waals surface area (Å²) in [5, 5.41) is 0. The minimum atomic E-state index is -0.325. The molecule has 14 heavy (non-hydrogen) atoms. The van der Waals surface area contributed by atoms with Gasteiger partial charge < -0.3 is 4.74 Å². The summed E-state index contributed by atoms with van der Waals surface area (Å²) in [5.41, 5.74) is 0. The van der Waals surface area contributed by atoms with Gasteiger partial charge in [-0.25, -0.2) is 0 Å². The lowest BCUT2D eigenvalue weighted by atomic mass is 9.90. The monoisotopic (exact) mass is 200 g/mol. The van der Waals surface area contributed by atoms with Crippen LogP contribution in [0.25, 0.3) is 0 Å². The molecule has 2 atom stereocenters. The number of hydrogen-bond donors (Lipinski definition) is 0. The van der Waals surface area contributed by atoms with Crippen molar-refractivity contribution in [2.75, 3.05) is 6.61 Å². The highest BCUT2D eigenvalue weighted by atomic mass is 16.5. The fourth-order valence-corrected chi connectivity index (χ4v) is 1.23. The zero-order valence-electron chi connectivity index (χ0n) is 9.50. The van der Waals surface area contributed by atoms with Crippen molar-refractivity contribution in [2.24, 2.45) is 11.8 Å². The van der Waals surface area contributed by atoms with Crippen LogP contribution >= 0.6 is 0 Å². The minimum Gasteiger partial charge on any atom is -0.466 e. The second-order valence-corrected chi connectivity index (χ2v) is 3.55. The average molecular weight is 200 g/mol. The summed E-state index contributed by atoms with van der Waals surface area (Å²) >= 11 is 0. The topological polar surface area (TPSA) is 43.4 Å². The lowest BCUT2D eigenvalue weighted by Gasteiger charge is -2.16. The molecule has 3 heteroatoms. The third-order valence-corrected chi connectivity index (χ3v) is 2.41. The number of hydrogen-bond acceptors (Lipinski definition) is 3. The predicted octanol–water partition coefficient (Wildman–Crippen LogP) is 2.19. The van der Waals surface area contributed by atoms with Crippen LogP contribution in [-0.2, 0) is 14.3 Å². The molecule has 0 spiro atoms. The van der Waals surface area contributed by atoms with Gasteiger partial charge in [0.15, 0.2) is 0 Å². The van der Waals surface area contributed by atoms with Crippen LogP contribution in [0.4, 0.5) is 0 Å². The molecule has 3 nitrogen and oxygen atoms in total. The Hall–Kier alpha value is -0.860. The van der Waals surface area contributed by atoms with Gasteiger partial charge >= 0.3 is 5.97 Å². The second kappa shape index (κ2) is 6.57. The fourth-order valence-electron chi connectivity index (χ4n) is 1.23. The number of ether oxygens (including phenoxy) is 1. The Morgan fingerprint density at radius 1 is 1.14 bits per heavy atom. The van der Waals surface area contributed by atoms with Crippen molar-refractivity contribution >= 4 is 11.8 Å². The van der Waals surface area contributed by atoms with Crippen LogP contribution in [0.5, 0.6) is 0 Å². The standard InChI is InChI=1S/C11H20O3/c1-5-7-10(12)8(3)9(4)11(13)14-6-2/h8-9H,5-7H2,1-4H3. The largest absolute Gasteiger partial charge is 0.466 e. The van der Waals surface area contributed by atoms with E-state index in [9.17, 15) is 9.59 Å². The molecule has 0 aliphatic carbocycles. The number of carbonyl (C=O) groups is 2. The third kappa shape index (κ3) is 3.90. The Balaban J connectivity index is 4.16. The number of esters is 1. The van der Waals surface area contributed by atoms with E-state index in [2.05, 4.69) is 0 Å². The molecule has 0 heterocycles. The molecule has 0 aliphatic heterocycles. The smallest absolute Gasteiger partial charge is 0.309 e. The van der Waals surface area contributed by atoms with Crippen molar-refractivity contribution in [2.45, 2.75) is 40.5 Å². The molecular formula is C11H20O3. The molecule has 0 fully saturated rings. The van der Waals surface area contributed by atoms with E-state index >= 15 is 0 Å². The van der Waals surface area contributed by atoms with E-state index in [1.54, 1.807) is 20.8 Å². The maximum Gasteiger partial charge on any atom is 0.309 e. The first kappa shape index (κ1) is 13.1. The van der Waals surface area contributed by atoms with Crippen molar-refractivity contribution in [3.05, 3.63) is 0 Å². The van der Waals surface area contributed by atoms with Gasteiger partial charge in [0.2, 0.25) is 0 Å². The quantitative estimate of drug-likeness (QED) is 0.617. The number of Topliss-reactive ketones (excluding diaryl/α,β-unsaturated/α-hetero) is 1. The highest BCUT2D eigenvalue weighted by Gasteiger charge is 2.26. The summed E-state index contributed by atoms with van der Waals surface area (Å²) in [5.74, 6) is -0.680. The van der Waals surface area contributed by atoms with Crippen molar-refractivity contribution in [3.63, 3.8) is 0 Å². The maximum atomic E-state index is 11.5. The van der Waals surface area contributed by atoms with E-state index < -0.39 is 0 Å². The summed E-state index contributed by atoms with van der Waals surface area (Å²) in [6.45, 7) is 7.64. The van der Waals surface area contributed by atoms with Gasteiger partial charge in [0.1, 0.15) is 5.78 Å². The molecule has 0 N–H and O–H groups in total. The van der Waals surface area contributed by atoms with Crippen molar-refractivity contribution in [1.29, 1.82) is 0 Å². The first-order valence-corrected chi connectivity index (χ1v) is 5.23. The van der Waals surface area contributed by atoms with E-state index in [-0.39, 0.29) is 23.6 Å². The highest BCUT2D eigenvalue weighted by Crippen LogP contribution is 2.16. The molecule has 0 rings (SSSR count). The normalized spacial score (nSPS) is 14.6. The molecular weight excluding hydrogens is 180 g/mol. The molecule has 0 aromatic heterocycles. The van der Waals surface area contributed by atoms with Gasteiger partial charge in [-0.1, -0.05) is 20.8 Å². The summed E-state index contributed by atoms with van der Waals surface area (Å²) < 4.78 is 4.86. The zero-order chi connectivity index (χ0) is 11.1. The Kier molecular flexibility index (Phi) is 6.17. The molecule has 82 valence electrons. The van der Waals surface area contributed by atoms with Crippen molar-refractivity contribution < 1.29 is 14.3 Å². The summed E-state index contributed by atoms with van der Waals surface area (Å²) in [7, 11) is 0. The first-order valence-electron chi connectivity index (χ1n) is 5.23. The molecule has 0 aromatic rings. The van der Waals surface area contributed by atoms with Crippen molar-refractivity contribution in [1.82, 2.24) is 0 Å². The van der Waals surface area contributed by atoms with E-state index in [4.69, 9.17) is 4.74 Å². The van der Waals surface area contributed by atoms with Gasteiger partial charge in [-0.05, 0) is 13.3 Å². The zero-order valence-corrected chi connectivity index (χ0v) is 9.50. The van der Waals surface area contributed by atoms with Crippen LogP contribution in [-0.4, -0.2) is 18.4 Å². The van der Waals surface area contributed by atoms with E-state index in [1.165, 1.54) is 0 Å². The van der Waals surface area contributed by atoms with E-state index in [0.29, 0.717) is 13.0 Å². The van der Waals surface area contributed by atoms with Crippen LogP contribution in [0, 0.1) is 11.8 Å². The van der Waals surface area contributed by atoms with Crippen molar-refractivity contribution in [3.8, 4) is 0 Å². The second-order valence-electron chi connectivity index (χ2n) is 3.55. The molecule has 0 bridgehead atoms. The highest BCUT2D eigenvalue weighted by molar-refractivity contribution is 5.86. The maximum absolute atomic E-state index is 11.5. The fraction of sp³-hybridized carbons (Fsp3) is 0.818. The lowest BCUT2D eigenvalue weighted by molar-refractivity contribution is -0.151. The molecule has 0 aromatic carbocycles. The van der Waals surface area contributed by atoms with E-state index in [1.807, 2.05) is 6.92 Å². The van der Waals surface area contributed by atoms with Crippen LogP contribution in [0.1, 0.15) is 40.5 Å². The molecule has 0 radical (unpaired) electrons. The van der Waals surface area contributed by atoms with Gasteiger partial charge in [-0.15, -0.1) is 0 Å². The Morgan fingerprint density at radius 3 is 2.14 bits per heavy atom. The minimum absolute atomic E-state index is 0.146. The Labute approximate surface area is 85.8 Å². The van der Waals surface area contributed by atoms with Gasteiger partial charge in [-0.3, -0.25) is 9.59 Å². The first-order chi connectivity index (χ1) is 6.54. The van der Waals surface area contributed by atoms with Crippen LogP contribution in [0.3, 0.4) is 0 Å². The van der Waals surface area contributed by atoms with Gasteiger partial charge in [0.05, 0.1) is 12.5 Å². The SMILES string of the molecule is CCCC(=O)C(C)C(C)C(=O)OCC. The van der Waals surface area contributed by atoms with Crippen LogP contribution in [0.15, 0.2) is 0 Å².